The third-order valence-corrected chi connectivity index (χ3v) is 4.98. The van der Waals surface area contributed by atoms with Crippen molar-refractivity contribution in [3.8, 4) is 0 Å². The van der Waals surface area contributed by atoms with Crippen LogP contribution in [0.15, 0.2) is 18.2 Å². The van der Waals surface area contributed by atoms with E-state index in [1.54, 1.807) is 19.1 Å². The van der Waals surface area contributed by atoms with Gasteiger partial charge in [0.2, 0.25) is 0 Å². The molecule has 6 heteroatoms. The fourth-order valence-corrected chi connectivity index (χ4v) is 3.40. The summed E-state index contributed by atoms with van der Waals surface area (Å²) >= 11 is 0. The Bertz CT molecular complexity index is 598. The lowest BCUT2D eigenvalue weighted by molar-refractivity contribution is 0.0763. The van der Waals surface area contributed by atoms with Crippen molar-refractivity contribution in [2.75, 3.05) is 24.6 Å². The Morgan fingerprint density at radius 2 is 2.00 bits per heavy atom. The maximum absolute atomic E-state index is 13.9. The summed E-state index contributed by atoms with van der Waals surface area (Å²) in [5.74, 6) is -0.919. The van der Waals surface area contributed by atoms with Gasteiger partial charge in [-0.1, -0.05) is 12.1 Å². The van der Waals surface area contributed by atoms with Crippen LogP contribution in [0.3, 0.4) is 0 Å². The predicted molar refractivity (Wildman–Crippen MR) is 70.3 cm³/mol. The Morgan fingerprint density at radius 1 is 1.26 bits per heavy atom. The molecule has 1 aromatic carbocycles. The van der Waals surface area contributed by atoms with Crippen LogP contribution in [0.4, 0.5) is 4.39 Å². The summed E-state index contributed by atoms with van der Waals surface area (Å²) in [4.78, 5) is 13.6. The van der Waals surface area contributed by atoms with Crippen molar-refractivity contribution in [3.05, 3.63) is 35.1 Å². The largest absolute Gasteiger partial charge is 0.338 e. The van der Waals surface area contributed by atoms with Gasteiger partial charge < -0.3 is 4.90 Å². The van der Waals surface area contributed by atoms with Crippen LogP contribution in [-0.4, -0.2) is 43.8 Å². The van der Waals surface area contributed by atoms with E-state index in [-0.39, 0.29) is 23.6 Å². The highest BCUT2D eigenvalue weighted by Gasteiger charge is 2.25. The van der Waals surface area contributed by atoms with Crippen LogP contribution in [0.2, 0.25) is 0 Å². The lowest BCUT2D eigenvalue weighted by Gasteiger charge is -2.20. The Kier molecular flexibility index (Phi) is 3.89. The zero-order valence-electron chi connectivity index (χ0n) is 10.7. The summed E-state index contributed by atoms with van der Waals surface area (Å²) < 4.78 is 36.9. The van der Waals surface area contributed by atoms with E-state index in [1.807, 2.05) is 0 Å². The standard InChI is InChI=1S/C13H16FNO3S/c1-10-4-2-5-11(12(10)14)13(16)15-6-3-8-19(17,18)9-7-15/h2,4-5H,3,6-9H2,1H3. The molecule has 1 heterocycles. The fourth-order valence-electron chi connectivity index (χ4n) is 2.12. The first kappa shape index (κ1) is 14.0. The fraction of sp³-hybridized carbons (Fsp3) is 0.462. The molecule has 1 saturated heterocycles. The second-order valence-corrected chi connectivity index (χ2v) is 7.04. The zero-order valence-corrected chi connectivity index (χ0v) is 11.5. The van der Waals surface area contributed by atoms with Crippen LogP contribution in [0, 0.1) is 12.7 Å². The number of sulfone groups is 1. The van der Waals surface area contributed by atoms with Crippen LogP contribution < -0.4 is 0 Å². The first-order valence-corrected chi connectivity index (χ1v) is 7.98. The molecule has 0 radical (unpaired) electrons. The molecule has 1 aliphatic rings. The van der Waals surface area contributed by atoms with Crippen molar-refractivity contribution in [1.29, 1.82) is 0 Å². The highest BCUT2D eigenvalue weighted by atomic mass is 32.2. The Morgan fingerprint density at radius 3 is 2.74 bits per heavy atom. The van der Waals surface area contributed by atoms with E-state index in [0.29, 0.717) is 18.5 Å². The molecule has 1 aromatic rings. The number of aryl methyl sites for hydroxylation is 1. The molecule has 0 unspecified atom stereocenters. The summed E-state index contributed by atoms with van der Waals surface area (Å²) in [5.41, 5.74) is 0.424. The second-order valence-electron chi connectivity index (χ2n) is 4.73. The molecule has 19 heavy (non-hydrogen) atoms. The van der Waals surface area contributed by atoms with Gasteiger partial charge in [0.25, 0.3) is 5.91 Å². The van der Waals surface area contributed by atoms with Crippen molar-refractivity contribution in [2.45, 2.75) is 13.3 Å². The van der Waals surface area contributed by atoms with E-state index in [0.717, 1.165) is 0 Å². The number of nitrogens with zero attached hydrogens (tertiary/aromatic N) is 1. The lowest BCUT2D eigenvalue weighted by atomic mass is 10.1. The number of hydrogen-bond donors (Lipinski definition) is 0. The van der Waals surface area contributed by atoms with Crippen LogP contribution in [0.25, 0.3) is 0 Å². The van der Waals surface area contributed by atoms with Gasteiger partial charge in [0.15, 0.2) is 9.84 Å². The van der Waals surface area contributed by atoms with Gasteiger partial charge in [-0.15, -0.1) is 0 Å². The maximum Gasteiger partial charge on any atom is 0.256 e. The van der Waals surface area contributed by atoms with Gasteiger partial charge in [0.05, 0.1) is 17.1 Å². The highest BCUT2D eigenvalue weighted by Crippen LogP contribution is 2.16. The summed E-state index contributed by atoms with van der Waals surface area (Å²) in [5, 5.41) is 0. The van der Waals surface area contributed by atoms with Crippen LogP contribution in [0.5, 0.6) is 0 Å². The molecule has 0 aromatic heterocycles. The second kappa shape index (κ2) is 5.28. The third kappa shape index (κ3) is 3.12. The highest BCUT2D eigenvalue weighted by molar-refractivity contribution is 7.91. The Labute approximate surface area is 112 Å². The molecule has 0 atom stereocenters. The summed E-state index contributed by atoms with van der Waals surface area (Å²) in [6.45, 7) is 2.08. The van der Waals surface area contributed by atoms with E-state index in [1.165, 1.54) is 11.0 Å². The molecule has 104 valence electrons. The van der Waals surface area contributed by atoms with Crippen LogP contribution >= 0.6 is 0 Å². The van der Waals surface area contributed by atoms with Crippen molar-refractivity contribution < 1.29 is 17.6 Å². The first-order valence-electron chi connectivity index (χ1n) is 6.15. The first-order chi connectivity index (χ1) is 8.91. The Balaban J connectivity index is 2.22. The van der Waals surface area contributed by atoms with Gasteiger partial charge in [-0.25, -0.2) is 12.8 Å². The Hall–Kier alpha value is -1.43. The number of carbonyl (C=O) groups excluding carboxylic acids is 1. The van der Waals surface area contributed by atoms with Gasteiger partial charge >= 0.3 is 0 Å². The van der Waals surface area contributed by atoms with Crippen molar-refractivity contribution in [3.63, 3.8) is 0 Å². The van der Waals surface area contributed by atoms with E-state index < -0.39 is 21.6 Å². The van der Waals surface area contributed by atoms with Gasteiger partial charge in [-0.3, -0.25) is 4.79 Å². The average Bonchev–Trinajstić information content (AvgIpc) is 2.53. The SMILES string of the molecule is Cc1cccc(C(=O)N2CCCS(=O)(=O)CC2)c1F. The molecule has 0 bridgehead atoms. The number of rotatable bonds is 1. The van der Waals surface area contributed by atoms with Gasteiger partial charge in [-0.2, -0.15) is 0 Å². The number of hydrogen-bond acceptors (Lipinski definition) is 3. The summed E-state index contributed by atoms with van der Waals surface area (Å²) in [7, 11) is -3.07. The van der Waals surface area contributed by atoms with Crippen molar-refractivity contribution in [1.82, 2.24) is 4.90 Å². The quantitative estimate of drug-likeness (QED) is 0.783. The minimum absolute atomic E-state index is 0.0132. The number of amides is 1. The topological polar surface area (TPSA) is 54.5 Å². The van der Waals surface area contributed by atoms with E-state index in [2.05, 4.69) is 0 Å². The molecule has 0 saturated carbocycles. The third-order valence-electron chi connectivity index (χ3n) is 3.27. The van der Waals surface area contributed by atoms with Gasteiger partial charge in [0.1, 0.15) is 5.82 Å². The number of halogens is 1. The molecule has 1 amide bonds. The maximum atomic E-state index is 13.9. The molecular weight excluding hydrogens is 269 g/mol. The molecule has 2 rings (SSSR count). The zero-order chi connectivity index (χ0) is 14.0. The normalized spacial score (nSPS) is 18.9. The van der Waals surface area contributed by atoms with Gasteiger partial charge in [-0.05, 0) is 25.0 Å². The van der Waals surface area contributed by atoms with Crippen molar-refractivity contribution >= 4 is 15.7 Å². The number of carbonyl (C=O) groups is 1. The average molecular weight is 285 g/mol. The lowest BCUT2D eigenvalue weighted by Crippen LogP contribution is -2.34. The molecule has 1 aliphatic heterocycles. The molecular formula is C13H16FNO3S. The van der Waals surface area contributed by atoms with E-state index in [4.69, 9.17) is 0 Å². The minimum atomic E-state index is -3.07. The van der Waals surface area contributed by atoms with E-state index >= 15 is 0 Å². The predicted octanol–water partition coefficient (Wildman–Crippen LogP) is 1.39. The van der Waals surface area contributed by atoms with Crippen LogP contribution in [0.1, 0.15) is 22.3 Å². The van der Waals surface area contributed by atoms with E-state index in [9.17, 15) is 17.6 Å². The molecule has 1 fully saturated rings. The van der Waals surface area contributed by atoms with Crippen molar-refractivity contribution in [2.24, 2.45) is 0 Å². The van der Waals surface area contributed by atoms with Gasteiger partial charge in [0, 0.05) is 13.1 Å². The minimum Gasteiger partial charge on any atom is -0.338 e. The summed E-state index contributed by atoms with van der Waals surface area (Å²) in [6, 6.07) is 4.66. The van der Waals surface area contributed by atoms with Crippen LogP contribution in [-0.2, 0) is 9.84 Å². The molecule has 0 spiro atoms. The smallest absolute Gasteiger partial charge is 0.256 e. The summed E-state index contributed by atoms with van der Waals surface area (Å²) in [6.07, 6.45) is 0.404. The number of benzene rings is 1. The molecule has 4 nitrogen and oxygen atoms in total. The molecule has 0 aliphatic carbocycles. The molecule has 0 N–H and O–H groups in total. The monoisotopic (exact) mass is 285 g/mol.